The van der Waals surface area contributed by atoms with Crippen LogP contribution in [0, 0.1) is 10.1 Å². The van der Waals surface area contributed by atoms with Crippen molar-refractivity contribution in [2.24, 2.45) is 0 Å². The van der Waals surface area contributed by atoms with Gasteiger partial charge in [-0.2, -0.15) is 74.6 Å². The molecule has 1 aromatic carbocycles. The van der Waals surface area contributed by atoms with E-state index < -0.39 is 88.6 Å². The molecule has 0 atom stereocenters. The molecule has 0 amide bonds. The summed E-state index contributed by atoms with van der Waals surface area (Å²) in [5, 5.41) is 11.1. The zero-order valence-corrected chi connectivity index (χ0v) is 20.5. The molecule has 6 nitrogen and oxygen atoms in total. The Morgan fingerprint density at radius 1 is 0.721 bits per heavy atom. The first-order chi connectivity index (χ1) is 19.0. The highest BCUT2D eigenvalue weighted by atomic mass is 19.4. The number of esters is 1. The van der Waals surface area contributed by atoms with E-state index in [1.165, 1.54) is 0 Å². The number of ether oxygens (including phenoxy) is 2. The van der Waals surface area contributed by atoms with Gasteiger partial charge in [-0.15, -0.1) is 0 Å². The third-order valence-electron chi connectivity index (χ3n) is 5.29. The molecule has 0 saturated carbocycles. The van der Waals surface area contributed by atoms with Gasteiger partial charge in [0.25, 0.3) is 0 Å². The quantitative estimate of drug-likeness (QED) is 0.0869. The van der Waals surface area contributed by atoms with Gasteiger partial charge in [0.1, 0.15) is 0 Å². The van der Waals surface area contributed by atoms with E-state index in [1.54, 1.807) is 6.92 Å². The van der Waals surface area contributed by atoms with Crippen LogP contribution in [0.4, 0.5) is 80.3 Å². The zero-order valence-electron chi connectivity index (χ0n) is 20.5. The number of hydrogen-bond acceptors (Lipinski definition) is 5. The SMILES string of the molecule is CCCOC(=O)c1ccc(OCCC(F)(F)C(F)(F)C(F)(F)C(F)(F)C(F)(F)C(F)(F)C(F)(F)C(F)(F)F)c([N+](=O)[O-])c1. The molecule has 43 heavy (non-hydrogen) atoms. The topological polar surface area (TPSA) is 78.7 Å². The number of carbonyl (C=O) groups excluding carboxylic acids is 1. The highest BCUT2D eigenvalue weighted by Gasteiger charge is 2.95. The average molecular weight is 671 g/mol. The molecular weight excluding hydrogens is 657 g/mol. The van der Waals surface area contributed by atoms with Gasteiger partial charge in [-0.25, -0.2) is 4.79 Å². The Balaban J connectivity index is 3.35. The Bertz CT molecular complexity index is 1180. The van der Waals surface area contributed by atoms with Gasteiger partial charge in [-0.05, 0) is 18.6 Å². The molecule has 0 fully saturated rings. The lowest BCUT2D eigenvalue weighted by Gasteiger charge is -2.42. The van der Waals surface area contributed by atoms with Crippen molar-refractivity contribution in [2.45, 2.75) is 67.4 Å². The zero-order chi connectivity index (χ0) is 34.3. The van der Waals surface area contributed by atoms with Gasteiger partial charge in [0.15, 0.2) is 5.75 Å². The van der Waals surface area contributed by atoms with Crippen molar-refractivity contribution in [3.8, 4) is 5.75 Å². The minimum Gasteiger partial charge on any atom is -0.487 e. The van der Waals surface area contributed by atoms with E-state index in [4.69, 9.17) is 0 Å². The van der Waals surface area contributed by atoms with Crippen LogP contribution in [0.1, 0.15) is 30.1 Å². The Morgan fingerprint density at radius 2 is 1.16 bits per heavy atom. The van der Waals surface area contributed by atoms with Crippen LogP contribution in [0.15, 0.2) is 18.2 Å². The van der Waals surface area contributed by atoms with Gasteiger partial charge in [0.05, 0.1) is 30.1 Å². The summed E-state index contributed by atoms with van der Waals surface area (Å²) in [6.45, 7) is -0.716. The number of rotatable bonds is 14. The molecule has 0 aliphatic heterocycles. The minimum atomic E-state index is -8.75. The summed E-state index contributed by atoms with van der Waals surface area (Å²) in [5.74, 6) is -59.8. The molecule has 0 spiro atoms. The molecule has 0 saturated heterocycles. The second-order valence-electron chi connectivity index (χ2n) is 8.32. The summed E-state index contributed by atoms with van der Waals surface area (Å²) in [6, 6.07) is 1.54. The molecule has 0 aliphatic rings. The molecule has 0 radical (unpaired) electrons. The Hall–Kier alpha value is -3.30. The molecular formula is C20H14F17NO5. The number of nitrogens with zero attached hydrogens (tertiary/aromatic N) is 1. The maximum atomic E-state index is 14.0. The van der Waals surface area contributed by atoms with Gasteiger partial charge in [-0.1, -0.05) is 6.92 Å². The van der Waals surface area contributed by atoms with E-state index in [-0.39, 0.29) is 6.61 Å². The first-order valence-corrected chi connectivity index (χ1v) is 10.8. The lowest BCUT2D eigenvalue weighted by molar-refractivity contribution is -0.461. The van der Waals surface area contributed by atoms with Crippen LogP contribution < -0.4 is 4.74 Å². The van der Waals surface area contributed by atoms with Crippen molar-refractivity contribution in [3.63, 3.8) is 0 Å². The molecule has 1 aromatic rings. The number of alkyl halides is 17. The summed E-state index contributed by atoms with van der Waals surface area (Å²) >= 11 is 0. The largest absolute Gasteiger partial charge is 0.487 e. The fraction of sp³-hybridized carbons (Fsp3) is 0.650. The van der Waals surface area contributed by atoms with Crippen molar-refractivity contribution in [2.75, 3.05) is 13.2 Å². The van der Waals surface area contributed by atoms with E-state index >= 15 is 0 Å². The Kier molecular flexibility index (Phi) is 10.2. The predicted octanol–water partition coefficient (Wildman–Crippen LogP) is 7.94. The van der Waals surface area contributed by atoms with E-state index in [0.29, 0.717) is 24.6 Å². The summed E-state index contributed by atoms with van der Waals surface area (Å²) in [7, 11) is 0. The number of hydrogen-bond donors (Lipinski definition) is 0. The first-order valence-electron chi connectivity index (χ1n) is 10.8. The van der Waals surface area contributed by atoms with Crippen molar-refractivity contribution >= 4 is 11.7 Å². The van der Waals surface area contributed by atoms with Crippen LogP contribution in [0.25, 0.3) is 0 Å². The number of benzene rings is 1. The van der Waals surface area contributed by atoms with E-state index in [2.05, 4.69) is 9.47 Å². The fourth-order valence-corrected chi connectivity index (χ4v) is 2.83. The molecule has 0 aliphatic carbocycles. The molecule has 248 valence electrons. The van der Waals surface area contributed by atoms with Crippen molar-refractivity contribution < 1.29 is 93.8 Å². The van der Waals surface area contributed by atoms with Gasteiger partial charge < -0.3 is 9.47 Å². The number of carbonyl (C=O) groups is 1. The maximum Gasteiger partial charge on any atom is 0.460 e. The molecule has 23 heteroatoms. The summed E-state index contributed by atoms with van der Waals surface area (Å²) < 4.78 is 235. The van der Waals surface area contributed by atoms with Crippen LogP contribution in [0.3, 0.4) is 0 Å². The third kappa shape index (κ3) is 6.20. The van der Waals surface area contributed by atoms with Crippen LogP contribution in [0.5, 0.6) is 5.75 Å². The number of nitro benzene ring substituents is 1. The maximum absolute atomic E-state index is 14.0. The second-order valence-corrected chi connectivity index (χ2v) is 8.32. The lowest BCUT2D eigenvalue weighted by Crippen LogP contribution is -2.74. The summed E-state index contributed by atoms with van der Waals surface area (Å²) in [6.07, 6.45) is -10.5. The molecule has 0 N–H and O–H groups in total. The monoisotopic (exact) mass is 671 g/mol. The van der Waals surface area contributed by atoms with Crippen LogP contribution in [0.2, 0.25) is 0 Å². The highest BCUT2D eigenvalue weighted by Crippen LogP contribution is 2.64. The first kappa shape index (κ1) is 37.7. The van der Waals surface area contributed by atoms with Crippen LogP contribution in [-0.2, 0) is 4.74 Å². The van der Waals surface area contributed by atoms with Crippen molar-refractivity contribution in [1.82, 2.24) is 0 Å². The van der Waals surface area contributed by atoms with Gasteiger partial charge in [0.2, 0.25) is 0 Å². The Morgan fingerprint density at radius 3 is 1.58 bits per heavy atom. The van der Waals surface area contributed by atoms with Crippen LogP contribution >= 0.6 is 0 Å². The number of nitro groups is 1. The van der Waals surface area contributed by atoms with Gasteiger partial charge >= 0.3 is 59.3 Å². The second kappa shape index (κ2) is 11.7. The summed E-state index contributed by atoms with van der Waals surface area (Å²) in [5.41, 5.74) is -1.83. The van der Waals surface area contributed by atoms with Crippen molar-refractivity contribution in [1.29, 1.82) is 0 Å². The predicted molar refractivity (Wildman–Crippen MR) is 104 cm³/mol. The molecule has 0 heterocycles. The van der Waals surface area contributed by atoms with Crippen LogP contribution in [-0.4, -0.2) is 71.7 Å². The van der Waals surface area contributed by atoms with E-state index in [0.717, 1.165) is 0 Å². The molecule has 0 aromatic heterocycles. The minimum absolute atomic E-state index is 0.174. The van der Waals surface area contributed by atoms with E-state index in [1.807, 2.05) is 0 Å². The Labute approximate surface area is 226 Å². The van der Waals surface area contributed by atoms with E-state index in [9.17, 15) is 89.5 Å². The van der Waals surface area contributed by atoms with Gasteiger partial charge in [0, 0.05) is 6.07 Å². The lowest BCUT2D eigenvalue weighted by atomic mass is 9.88. The average Bonchev–Trinajstić information content (AvgIpc) is 2.85. The van der Waals surface area contributed by atoms with Gasteiger partial charge in [-0.3, -0.25) is 10.1 Å². The molecule has 0 bridgehead atoms. The third-order valence-corrected chi connectivity index (χ3v) is 5.29. The summed E-state index contributed by atoms with van der Waals surface area (Å²) in [4.78, 5) is 21.6. The standard InChI is InChI=1S/C20H14F17NO5/c1-2-6-43-12(39)9-3-4-11(10(8-9)38(40)41)42-7-5-13(21,22)14(23,24)15(25,26)16(27,28)17(29,30)18(31,32)19(33,34)20(35,36)37/h3-4,8H,2,5-7H2,1H3. The highest BCUT2D eigenvalue weighted by molar-refractivity contribution is 5.90. The van der Waals surface area contributed by atoms with Crippen molar-refractivity contribution in [3.05, 3.63) is 33.9 Å². The number of halogens is 17. The molecule has 0 unspecified atom stereocenters. The molecule has 1 rings (SSSR count). The fourth-order valence-electron chi connectivity index (χ4n) is 2.83. The normalized spacial score (nSPS) is 14.5. The smallest absolute Gasteiger partial charge is 0.460 e.